The van der Waals surface area contributed by atoms with E-state index in [0.29, 0.717) is 5.57 Å². The first-order chi connectivity index (χ1) is 13.0. The van der Waals surface area contributed by atoms with Gasteiger partial charge in [0.1, 0.15) is 5.75 Å². The molecule has 0 saturated heterocycles. The summed E-state index contributed by atoms with van der Waals surface area (Å²) in [7, 11) is 1.64. The van der Waals surface area contributed by atoms with Crippen molar-refractivity contribution in [2.45, 2.75) is 51.9 Å². The van der Waals surface area contributed by atoms with E-state index in [-0.39, 0.29) is 11.2 Å². The van der Waals surface area contributed by atoms with Gasteiger partial charge in [-0.15, -0.1) is 0 Å². The maximum atomic E-state index is 13.2. The van der Waals surface area contributed by atoms with Gasteiger partial charge in [-0.2, -0.15) is 0 Å². The van der Waals surface area contributed by atoms with Crippen LogP contribution in [0.4, 0.5) is 0 Å². The Labute approximate surface area is 163 Å². The van der Waals surface area contributed by atoms with Gasteiger partial charge >= 0.3 is 0 Å². The van der Waals surface area contributed by atoms with Crippen LogP contribution < -0.4 is 4.74 Å². The fourth-order valence-corrected chi connectivity index (χ4v) is 4.20. The Hall–Kier alpha value is -2.35. The van der Waals surface area contributed by atoms with E-state index in [9.17, 15) is 4.79 Å². The van der Waals surface area contributed by atoms with Crippen molar-refractivity contribution < 1.29 is 9.53 Å². The summed E-state index contributed by atoms with van der Waals surface area (Å²) in [6.45, 7) is 6.47. The summed E-state index contributed by atoms with van der Waals surface area (Å²) < 4.78 is 5.20. The molecule has 0 radical (unpaired) electrons. The van der Waals surface area contributed by atoms with Crippen molar-refractivity contribution in [3.05, 3.63) is 71.8 Å². The van der Waals surface area contributed by atoms with E-state index in [2.05, 4.69) is 19.6 Å². The highest BCUT2D eigenvalue weighted by Gasteiger charge is 2.28. The third kappa shape index (κ3) is 4.68. The SMILES string of the molecule is C=C(C(=O)c1ccccc1CC1(C)CCCCCC1)c1ccc(OC)cc1. The number of Topliss-reactive ketones (excluding diaryl/α,β-unsaturated/α-hetero) is 1. The third-order valence-electron chi connectivity index (χ3n) is 5.90. The van der Waals surface area contributed by atoms with Gasteiger partial charge in [-0.05, 0) is 47.9 Å². The molecule has 1 fully saturated rings. The molecule has 1 aliphatic carbocycles. The molecule has 1 aliphatic rings. The molecule has 0 bridgehead atoms. The number of carbonyl (C=O) groups excluding carboxylic acids is 1. The third-order valence-corrected chi connectivity index (χ3v) is 5.90. The van der Waals surface area contributed by atoms with Crippen molar-refractivity contribution in [1.29, 1.82) is 0 Å². The lowest BCUT2D eigenvalue weighted by Crippen LogP contribution is -2.20. The quantitative estimate of drug-likeness (QED) is 0.333. The second kappa shape index (κ2) is 8.56. The lowest BCUT2D eigenvalue weighted by Gasteiger charge is -2.29. The summed E-state index contributed by atoms with van der Waals surface area (Å²) in [5, 5.41) is 0. The molecule has 0 N–H and O–H groups in total. The van der Waals surface area contributed by atoms with Crippen LogP contribution in [0.5, 0.6) is 5.75 Å². The van der Waals surface area contributed by atoms with Crippen molar-refractivity contribution in [3.8, 4) is 5.75 Å². The molecule has 0 unspecified atom stereocenters. The van der Waals surface area contributed by atoms with Crippen LogP contribution in [0, 0.1) is 5.41 Å². The second-order valence-electron chi connectivity index (χ2n) is 8.09. The second-order valence-corrected chi connectivity index (χ2v) is 8.09. The molecule has 2 heteroatoms. The summed E-state index contributed by atoms with van der Waals surface area (Å²) >= 11 is 0. The fourth-order valence-electron chi connectivity index (χ4n) is 4.20. The zero-order valence-electron chi connectivity index (χ0n) is 16.6. The van der Waals surface area contributed by atoms with Crippen molar-refractivity contribution in [1.82, 2.24) is 0 Å². The lowest BCUT2D eigenvalue weighted by molar-refractivity contribution is 0.105. The van der Waals surface area contributed by atoms with E-state index in [1.54, 1.807) is 7.11 Å². The predicted octanol–water partition coefficient (Wildman–Crippen LogP) is 6.49. The van der Waals surface area contributed by atoms with Crippen molar-refractivity contribution in [2.75, 3.05) is 7.11 Å². The van der Waals surface area contributed by atoms with Crippen LogP contribution in [0.3, 0.4) is 0 Å². The summed E-state index contributed by atoms with van der Waals surface area (Å²) in [5.41, 5.74) is 3.62. The summed E-state index contributed by atoms with van der Waals surface area (Å²) in [6, 6.07) is 15.6. The van der Waals surface area contributed by atoms with Crippen LogP contribution in [0.1, 0.15) is 66.9 Å². The number of benzene rings is 2. The minimum atomic E-state index is 0.0213. The van der Waals surface area contributed by atoms with Gasteiger partial charge in [-0.3, -0.25) is 4.79 Å². The van der Waals surface area contributed by atoms with Crippen LogP contribution in [0.25, 0.3) is 5.57 Å². The van der Waals surface area contributed by atoms with Gasteiger partial charge in [0.2, 0.25) is 0 Å². The largest absolute Gasteiger partial charge is 0.497 e. The number of ketones is 1. The van der Waals surface area contributed by atoms with Crippen LogP contribution >= 0.6 is 0 Å². The molecule has 3 rings (SSSR count). The maximum Gasteiger partial charge on any atom is 0.193 e. The Morgan fingerprint density at radius 2 is 1.63 bits per heavy atom. The standard InChI is InChI=1S/C25H30O2/c1-19(20-12-14-22(27-3)15-13-20)24(26)23-11-7-6-10-21(23)18-25(2)16-8-4-5-9-17-25/h6-7,10-15H,1,4-5,8-9,16-18H2,2-3H3. The van der Waals surface area contributed by atoms with Gasteiger partial charge in [-0.25, -0.2) is 0 Å². The van der Waals surface area contributed by atoms with E-state index >= 15 is 0 Å². The van der Waals surface area contributed by atoms with Crippen LogP contribution in [-0.4, -0.2) is 12.9 Å². The maximum absolute atomic E-state index is 13.2. The minimum absolute atomic E-state index is 0.0213. The van der Waals surface area contributed by atoms with Crippen LogP contribution in [0.2, 0.25) is 0 Å². The first-order valence-corrected chi connectivity index (χ1v) is 9.98. The van der Waals surface area contributed by atoms with E-state index in [4.69, 9.17) is 4.74 Å². The van der Waals surface area contributed by atoms with Gasteiger partial charge in [-0.1, -0.05) is 75.6 Å². The molecule has 2 aromatic rings. The summed E-state index contributed by atoms with van der Waals surface area (Å²) in [6.07, 6.45) is 8.72. The van der Waals surface area contributed by atoms with E-state index in [0.717, 1.165) is 28.9 Å². The molecular formula is C25H30O2. The van der Waals surface area contributed by atoms with Crippen LogP contribution in [0.15, 0.2) is 55.1 Å². The zero-order chi connectivity index (χ0) is 19.3. The highest BCUT2D eigenvalue weighted by Crippen LogP contribution is 2.38. The van der Waals surface area contributed by atoms with Crippen LogP contribution in [-0.2, 0) is 6.42 Å². The number of methoxy groups -OCH3 is 1. The number of hydrogen-bond donors (Lipinski definition) is 0. The fraction of sp³-hybridized carbons (Fsp3) is 0.400. The monoisotopic (exact) mass is 362 g/mol. The number of hydrogen-bond acceptors (Lipinski definition) is 2. The molecule has 0 spiro atoms. The average Bonchev–Trinajstić information content (AvgIpc) is 2.91. The molecule has 142 valence electrons. The number of allylic oxidation sites excluding steroid dienone is 1. The molecule has 2 aromatic carbocycles. The minimum Gasteiger partial charge on any atom is -0.497 e. The van der Waals surface area contributed by atoms with Crippen molar-refractivity contribution >= 4 is 11.4 Å². The summed E-state index contributed by atoms with van der Waals surface area (Å²) in [4.78, 5) is 13.2. The lowest BCUT2D eigenvalue weighted by atomic mass is 9.76. The molecule has 2 nitrogen and oxygen atoms in total. The molecule has 27 heavy (non-hydrogen) atoms. The van der Waals surface area contributed by atoms with Crippen molar-refractivity contribution in [3.63, 3.8) is 0 Å². The molecule has 0 aromatic heterocycles. The first-order valence-electron chi connectivity index (χ1n) is 9.98. The van der Waals surface area contributed by atoms with Gasteiger partial charge in [0.25, 0.3) is 0 Å². The molecule has 0 amide bonds. The molecule has 0 heterocycles. The summed E-state index contributed by atoms with van der Waals surface area (Å²) in [5.74, 6) is 0.800. The van der Waals surface area contributed by atoms with E-state index in [1.807, 2.05) is 42.5 Å². The Morgan fingerprint density at radius 1 is 1.00 bits per heavy atom. The van der Waals surface area contributed by atoms with Gasteiger partial charge in [0, 0.05) is 11.1 Å². The molecule has 0 aliphatic heterocycles. The van der Waals surface area contributed by atoms with Gasteiger partial charge in [0.15, 0.2) is 5.78 Å². The first kappa shape index (κ1) is 19.4. The molecular weight excluding hydrogens is 332 g/mol. The average molecular weight is 363 g/mol. The predicted molar refractivity (Wildman–Crippen MR) is 112 cm³/mol. The van der Waals surface area contributed by atoms with E-state index < -0.39 is 0 Å². The highest BCUT2D eigenvalue weighted by molar-refractivity contribution is 6.28. The zero-order valence-corrected chi connectivity index (χ0v) is 16.6. The Kier molecular flexibility index (Phi) is 6.15. The number of carbonyl (C=O) groups is 1. The smallest absolute Gasteiger partial charge is 0.193 e. The molecule has 1 saturated carbocycles. The highest BCUT2D eigenvalue weighted by atomic mass is 16.5. The number of ether oxygens (including phenoxy) is 1. The Morgan fingerprint density at radius 3 is 2.26 bits per heavy atom. The topological polar surface area (TPSA) is 26.3 Å². The number of rotatable bonds is 6. The van der Waals surface area contributed by atoms with Gasteiger partial charge in [0.05, 0.1) is 7.11 Å². The Balaban J connectivity index is 1.83. The van der Waals surface area contributed by atoms with E-state index in [1.165, 1.54) is 38.5 Å². The normalized spacial score (nSPS) is 16.4. The van der Waals surface area contributed by atoms with Gasteiger partial charge < -0.3 is 4.74 Å². The van der Waals surface area contributed by atoms with Crippen molar-refractivity contribution in [2.24, 2.45) is 5.41 Å². The Bertz CT molecular complexity index is 793. The molecule has 0 atom stereocenters.